The molecule has 1 N–H and O–H groups in total. The maximum absolute atomic E-state index is 10.8. The van der Waals surface area contributed by atoms with Gasteiger partial charge in [-0.05, 0) is 12.8 Å². The minimum atomic E-state index is -0.711. The van der Waals surface area contributed by atoms with E-state index in [0.717, 1.165) is 18.6 Å². The van der Waals surface area contributed by atoms with Crippen molar-refractivity contribution in [1.82, 2.24) is 0 Å². The fraction of sp³-hybridized carbons (Fsp3) is 0.400. The van der Waals surface area contributed by atoms with Crippen LogP contribution in [0.3, 0.4) is 0 Å². The van der Waals surface area contributed by atoms with Crippen molar-refractivity contribution in [2.24, 2.45) is 0 Å². The second-order valence-corrected chi connectivity index (χ2v) is 3.58. The number of hydrogen-bond donors (Lipinski definition) is 1. The molecular weight excluding hydrogens is 228 g/mol. The third kappa shape index (κ3) is 2.90. The number of phenolic OH excluding ortho intramolecular Hbond substituents is 1. The maximum atomic E-state index is 10.8. The van der Waals surface area contributed by atoms with Gasteiger partial charge in [-0.2, -0.15) is 0 Å². The Hall–Kier alpha value is -2.18. The molecular formula is C10H12N2O5. The van der Waals surface area contributed by atoms with Crippen molar-refractivity contribution >= 4 is 11.4 Å². The normalized spacial score (nSPS) is 10.2. The smallest absolute Gasteiger partial charge is 0.283 e. The molecule has 0 radical (unpaired) electrons. The summed E-state index contributed by atoms with van der Waals surface area (Å²) in [6, 6.07) is 1.88. The summed E-state index contributed by atoms with van der Waals surface area (Å²) in [7, 11) is 0. The maximum Gasteiger partial charge on any atom is 0.283 e. The second-order valence-electron chi connectivity index (χ2n) is 3.58. The number of benzene rings is 1. The van der Waals surface area contributed by atoms with Gasteiger partial charge in [0.2, 0.25) is 0 Å². The van der Waals surface area contributed by atoms with Gasteiger partial charge in [0.25, 0.3) is 11.4 Å². The Morgan fingerprint density at radius 1 is 1.18 bits per heavy atom. The van der Waals surface area contributed by atoms with Crippen LogP contribution in [0, 0.1) is 20.2 Å². The minimum Gasteiger partial charge on any atom is -0.507 e. The number of nitro groups is 2. The molecule has 0 aliphatic carbocycles. The SMILES string of the molecule is CCCCc1c([N+](=O)[O-])cc(O)cc1[N+](=O)[O-]. The van der Waals surface area contributed by atoms with E-state index in [1.54, 1.807) is 0 Å². The van der Waals surface area contributed by atoms with E-state index >= 15 is 0 Å². The van der Waals surface area contributed by atoms with Gasteiger partial charge in [0.1, 0.15) is 11.3 Å². The van der Waals surface area contributed by atoms with E-state index in [1.165, 1.54) is 0 Å². The first kappa shape index (κ1) is 12.9. The molecule has 1 aromatic carbocycles. The Balaban J connectivity index is 3.36. The van der Waals surface area contributed by atoms with Gasteiger partial charge >= 0.3 is 0 Å². The van der Waals surface area contributed by atoms with Crippen LogP contribution in [-0.2, 0) is 6.42 Å². The van der Waals surface area contributed by atoms with Crippen LogP contribution >= 0.6 is 0 Å². The first-order chi connectivity index (χ1) is 7.97. The molecule has 0 bridgehead atoms. The van der Waals surface area contributed by atoms with Crippen molar-refractivity contribution in [3.63, 3.8) is 0 Å². The lowest BCUT2D eigenvalue weighted by Crippen LogP contribution is -2.01. The van der Waals surface area contributed by atoms with Gasteiger partial charge in [-0.1, -0.05) is 13.3 Å². The van der Waals surface area contributed by atoms with Gasteiger partial charge in [0.15, 0.2) is 0 Å². The summed E-state index contributed by atoms with van der Waals surface area (Å²) >= 11 is 0. The molecule has 0 fully saturated rings. The highest BCUT2D eigenvalue weighted by Gasteiger charge is 2.25. The van der Waals surface area contributed by atoms with Crippen LogP contribution in [0.15, 0.2) is 12.1 Å². The molecule has 0 heterocycles. The van der Waals surface area contributed by atoms with E-state index in [2.05, 4.69) is 0 Å². The molecule has 7 nitrogen and oxygen atoms in total. The van der Waals surface area contributed by atoms with Gasteiger partial charge in [0.05, 0.1) is 22.0 Å². The van der Waals surface area contributed by atoms with Gasteiger partial charge in [0, 0.05) is 0 Å². The molecule has 17 heavy (non-hydrogen) atoms. The number of hydrogen-bond acceptors (Lipinski definition) is 5. The van der Waals surface area contributed by atoms with Crippen molar-refractivity contribution < 1.29 is 15.0 Å². The molecule has 1 rings (SSSR count). The number of phenols is 1. The van der Waals surface area contributed by atoms with Gasteiger partial charge < -0.3 is 5.11 Å². The van der Waals surface area contributed by atoms with E-state index in [0.29, 0.717) is 6.42 Å². The molecule has 0 aliphatic rings. The predicted molar refractivity (Wildman–Crippen MR) is 60.0 cm³/mol. The van der Waals surface area contributed by atoms with Crippen LogP contribution in [0.1, 0.15) is 25.3 Å². The van der Waals surface area contributed by atoms with Crippen LogP contribution in [0.2, 0.25) is 0 Å². The molecule has 0 aliphatic heterocycles. The lowest BCUT2D eigenvalue weighted by molar-refractivity contribution is -0.395. The van der Waals surface area contributed by atoms with Crippen LogP contribution in [0.5, 0.6) is 5.75 Å². The lowest BCUT2D eigenvalue weighted by Gasteiger charge is -2.04. The van der Waals surface area contributed by atoms with E-state index in [4.69, 9.17) is 0 Å². The Bertz CT molecular complexity index is 423. The molecule has 0 aromatic heterocycles. The van der Waals surface area contributed by atoms with E-state index < -0.39 is 27.0 Å². The fourth-order valence-electron chi connectivity index (χ4n) is 1.56. The van der Waals surface area contributed by atoms with Crippen LogP contribution < -0.4 is 0 Å². The molecule has 0 saturated carbocycles. The fourth-order valence-corrected chi connectivity index (χ4v) is 1.56. The molecule has 0 amide bonds. The monoisotopic (exact) mass is 240 g/mol. The minimum absolute atomic E-state index is 0.0691. The first-order valence-corrected chi connectivity index (χ1v) is 5.12. The summed E-state index contributed by atoms with van der Waals surface area (Å²) in [6.45, 7) is 1.89. The molecule has 1 aromatic rings. The highest BCUT2D eigenvalue weighted by atomic mass is 16.6. The largest absolute Gasteiger partial charge is 0.507 e. The summed E-state index contributed by atoms with van der Waals surface area (Å²) in [5, 5.41) is 30.8. The van der Waals surface area contributed by atoms with Crippen molar-refractivity contribution in [2.45, 2.75) is 26.2 Å². The summed E-state index contributed by atoms with van der Waals surface area (Å²) in [4.78, 5) is 20.1. The summed E-state index contributed by atoms with van der Waals surface area (Å²) in [5.74, 6) is -0.469. The number of rotatable bonds is 5. The molecule has 92 valence electrons. The number of nitrogens with zero attached hydrogens (tertiary/aromatic N) is 2. The van der Waals surface area contributed by atoms with E-state index in [9.17, 15) is 25.3 Å². The van der Waals surface area contributed by atoms with Crippen molar-refractivity contribution in [1.29, 1.82) is 0 Å². The lowest BCUT2D eigenvalue weighted by atomic mass is 10.0. The zero-order valence-electron chi connectivity index (χ0n) is 9.25. The quantitative estimate of drug-likeness (QED) is 0.628. The van der Waals surface area contributed by atoms with Crippen molar-refractivity contribution in [3.8, 4) is 5.75 Å². The van der Waals surface area contributed by atoms with Crippen LogP contribution in [-0.4, -0.2) is 15.0 Å². The zero-order valence-corrected chi connectivity index (χ0v) is 9.25. The third-order valence-corrected chi connectivity index (χ3v) is 2.36. The third-order valence-electron chi connectivity index (χ3n) is 2.36. The Morgan fingerprint density at radius 3 is 2.00 bits per heavy atom. The van der Waals surface area contributed by atoms with Crippen LogP contribution in [0.25, 0.3) is 0 Å². The molecule has 0 atom stereocenters. The first-order valence-electron chi connectivity index (χ1n) is 5.12. The summed E-state index contributed by atoms with van der Waals surface area (Å²) in [5.41, 5.74) is -0.727. The molecule has 0 spiro atoms. The summed E-state index contributed by atoms with van der Waals surface area (Å²) in [6.07, 6.45) is 1.64. The number of nitro benzene ring substituents is 2. The Labute approximate surface area is 97.0 Å². The molecule has 0 unspecified atom stereocenters. The summed E-state index contributed by atoms with van der Waals surface area (Å²) < 4.78 is 0. The number of aromatic hydroxyl groups is 1. The van der Waals surface area contributed by atoms with Crippen LogP contribution in [0.4, 0.5) is 11.4 Å². The van der Waals surface area contributed by atoms with E-state index in [1.807, 2.05) is 6.92 Å². The molecule has 7 heteroatoms. The highest BCUT2D eigenvalue weighted by Crippen LogP contribution is 2.34. The second kappa shape index (κ2) is 5.24. The standard InChI is InChI=1S/C10H12N2O5/c1-2-3-4-8-9(11(14)15)5-7(13)6-10(8)12(16)17/h5-6,13H,2-4H2,1H3. The Morgan fingerprint density at radius 2 is 1.65 bits per heavy atom. The van der Waals surface area contributed by atoms with Crippen molar-refractivity contribution in [2.75, 3.05) is 0 Å². The van der Waals surface area contributed by atoms with Crippen molar-refractivity contribution in [3.05, 3.63) is 37.9 Å². The zero-order chi connectivity index (χ0) is 13.0. The van der Waals surface area contributed by atoms with E-state index in [-0.39, 0.29) is 12.0 Å². The highest BCUT2D eigenvalue weighted by molar-refractivity contribution is 5.58. The average Bonchev–Trinajstić information content (AvgIpc) is 2.26. The van der Waals surface area contributed by atoms with Gasteiger partial charge in [-0.3, -0.25) is 20.2 Å². The predicted octanol–water partition coefficient (Wildman–Crippen LogP) is 2.55. The van der Waals surface area contributed by atoms with Gasteiger partial charge in [-0.15, -0.1) is 0 Å². The topological polar surface area (TPSA) is 107 Å². The van der Waals surface area contributed by atoms with Gasteiger partial charge in [-0.25, -0.2) is 0 Å². The Kier molecular flexibility index (Phi) is 3.97. The molecule has 0 saturated heterocycles. The number of unbranched alkanes of at least 4 members (excludes halogenated alkanes) is 1. The average molecular weight is 240 g/mol.